The molecule has 1 fully saturated rings. The molecule has 1 aliphatic rings. The van der Waals surface area contributed by atoms with Crippen LogP contribution in [0.4, 0.5) is 5.82 Å². The third kappa shape index (κ3) is 3.36. The SMILES string of the molecule is Nc1cccc(CC2CCN(Cc3ccccc3)C2)n1. The van der Waals surface area contributed by atoms with Crippen molar-refractivity contribution in [1.29, 1.82) is 0 Å². The van der Waals surface area contributed by atoms with E-state index in [1.807, 2.05) is 12.1 Å². The van der Waals surface area contributed by atoms with Crippen molar-refractivity contribution in [2.24, 2.45) is 5.92 Å². The quantitative estimate of drug-likeness (QED) is 0.926. The Balaban J connectivity index is 1.54. The van der Waals surface area contributed by atoms with Crippen molar-refractivity contribution in [2.45, 2.75) is 19.4 Å². The Bertz CT molecular complexity index is 553. The number of aromatic nitrogens is 1. The van der Waals surface area contributed by atoms with E-state index in [1.54, 1.807) is 0 Å². The van der Waals surface area contributed by atoms with Crippen molar-refractivity contribution in [1.82, 2.24) is 9.88 Å². The molecule has 1 unspecified atom stereocenters. The first kappa shape index (κ1) is 13.1. The number of nitrogens with zero attached hydrogens (tertiary/aromatic N) is 2. The summed E-state index contributed by atoms with van der Waals surface area (Å²) in [5.41, 5.74) is 8.26. The topological polar surface area (TPSA) is 42.1 Å². The van der Waals surface area contributed by atoms with Gasteiger partial charge >= 0.3 is 0 Å². The van der Waals surface area contributed by atoms with Crippen molar-refractivity contribution in [3.63, 3.8) is 0 Å². The predicted octanol–water partition coefficient (Wildman–Crippen LogP) is 2.73. The van der Waals surface area contributed by atoms with Gasteiger partial charge < -0.3 is 5.73 Å². The molecule has 1 saturated heterocycles. The first-order valence-corrected chi connectivity index (χ1v) is 7.27. The van der Waals surface area contributed by atoms with Crippen LogP contribution in [-0.4, -0.2) is 23.0 Å². The highest BCUT2D eigenvalue weighted by Crippen LogP contribution is 2.22. The second-order valence-corrected chi connectivity index (χ2v) is 5.63. The molecule has 1 atom stereocenters. The summed E-state index contributed by atoms with van der Waals surface area (Å²) >= 11 is 0. The molecule has 20 heavy (non-hydrogen) atoms. The second-order valence-electron chi connectivity index (χ2n) is 5.63. The van der Waals surface area contributed by atoms with Crippen molar-refractivity contribution in [3.05, 3.63) is 59.8 Å². The number of hydrogen-bond donors (Lipinski definition) is 1. The van der Waals surface area contributed by atoms with E-state index in [-0.39, 0.29) is 0 Å². The van der Waals surface area contributed by atoms with Crippen LogP contribution in [0.2, 0.25) is 0 Å². The van der Waals surface area contributed by atoms with E-state index in [2.05, 4.69) is 46.3 Å². The zero-order valence-corrected chi connectivity index (χ0v) is 11.7. The van der Waals surface area contributed by atoms with Crippen LogP contribution in [0.25, 0.3) is 0 Å². The van der Waals surface area contributed by atoms with E-state index in [0.29, 0.717) is 11.7 Å². The molecule has 3 rings (SSSR count). The van der Waals surface area contributed by atoms with E-state index in [9.17, 15) is 0 Å². The monoisotopic (exact) mass is 267 g/mol. The van der Waals surface area contributed by atoms with Gasteiger partial charge in [0.05, 0.1) is 0 Å². The highest BCUT2D eigenvalue weighted by molar-refractivity contribution is 5.29. The normalized spacial score (nSPS) is 19.3. The number of likely N-dealkylation sites (tertiary alicyclic amines) is 1. The molecule has 0 bridgehead atoms. The summed E-state index contributed by atoms with van der Waals surface area (Å²) in [6.45, 7) is 3.40. The molecule has 2 aromatic rings. The number of nitrogens with two attached hydrogens (primary N) is 1. The van der Waals surface area contributed by atoms with Crippen LogP contribution >= 0.6 is 0 Å². The van der Waals surface area contributed by atoms with Gasteiger partial charge in [-0.3, -0.25) is 4.90 Å². The Morgan fingerprint density at radius 2 is 1.95 bits per heavy atom. The molecule has 0 saturated carbocycles. The minimum Gasteiger partial charge on any atom is -0.384 e. The zero-order valence-electron chi connectivity index (χ0n) is 11.7. The van der Waals surface area contributed by atoms with Gasteiger partial charge in [-0.1, -0.05) is 36.4 Å². The number of hydrogen-bond acceptors (Lipinski definition) is 3. The molecule has 3 heteroatoms. The fourth-order valence-corrected chi connectivity index (χ4v) is 2.97. The van der Waals surface area contributed by atoms with Gasteiger partial charge in [-0.25, -0.2) is 4.98 Å². The summed E-state index contributed by atoms with van der Waals surface area (Å²) in [5, 5.41) is 0. The largest absolute Gasteiger partial charge is 0.384 e. The fourth-order valence-electron chi connectivity index (χ4n) is 2.97. The van der Waals surface area contributed by atoms with Gasteiger partial charge in [0.25, 0.3) is 0 Å². The molecule has 2 heterocycles. The van der Waals surface area contributed by atoms with E-state index in [1.165, 1.54) is 18.5 Å². The van der Waals surface area contributed by atoms with Gasteiger partial charge in [0, 0.05) is 18.8 Å². The first-order chi connectivity index (χ1) is 9.79. The summed E-state index contributed by atoms with van der Waals surface area (Å²) in [5.74, 6) is 1.33. The molecule has 1 aromatic carbocycles. The van der Waals surface area contributed by atoms with Crippen LogP contribution in [0.15, 0.2) is 48.5 Å². The highest BCUT2D eigenvalue weighted by atomic mass is 15.1. The summed E-state index contributed by atoms with van der Waals surface area (Å²) in [6, 6.07) is 16.6. The van der Waals surface area contributed by atoms with Gasteiger partial charge in [-0.05, 0) is 43.0 Å². The minimum absolute atomic E-state index is 0.627. The molecule has 0 amide bonds. The molecule has 1 aliphatic heterocycles. The lowest BCUT2D eigenvalue weighted by molar-refractivity contribution is 0.316. The number of nitrogen functional groups attached to an aromatic ring is 1. The molecule has 0 spiro atoms. The third-order valence-electron chi connectivity index (χ3n) is 3.95. The second kappa shape index (κ2) is 6.06. The molecule has 0 aliphatic carbocycles. The van der Waals surface area contributed by atoms with Gasteiger partial charge in [0.2, 0.25) is 0 Å². The van der Waals surface area contributed by atoms with Gasteiger partial charge in [0.15, 0.2) is 0 Å². The molecular formula is C17H21N3. The molecule has 3 nitrogen and oxygen atoms in total. The standard InChI is InChI=1S/C17H21N3/c18-17-8-4-7-16(19-17)11-15-9-10-20(13-15)12-14-5-2-1-3-6-14/h1-8,15H,9-13H2,(H2,18,19). The Labute approximate surface area is 120 Å². The molecular weight excluding hydrogens is 246 g/mol. The van der Waals surface area contributed by atoms with Gasteiger partial charge in [0.1, 0.15) is 5.82 Å². The lowest BCUT2D eigenvalue weighted by Gasteiger charge is -2.16. The molecule has 104 valence electrons. The number of benzene rings is 1. The van der Waals surface area contributed by atoms with E-state index < -0.39 is 0 Å². The van der Waals surface area contributed by atoms with Crippen molar-refractivity contribution >= 4 is 5.82 Å². The Morgan fingerprint density at radius 3 is 2.75 bits per heavy atom. The number of anilines is 1. The summed E-state index contributed by atoms with van der Waals surface area (Å²) in [4.78, 5) is 6.94. The minimum atomic E-state index is 0.627. The van der Waals surface area contributed by atoms with Crippen LogP contribution in [0.5, 0.6) is 0 Å². The predicted molar refractivity (Wildman–Crippen MR) is 82.2 cm³/mol. The van der Waals surface area contributed by atoms with Crippen molar-refractivity contribution in [3.8, 4) is 0 Å². The number of rotatable bonds is 4. The average molecular weight is 267 g/mol. The Morgan fingerprint density at radius 1 is 1.10 bits per heavy atom. The van der Waals surface area contributed by atoms with Gasteiger partial charge in [-0.2, -0.15) is 0 Å². The molecule has 0 radical (unpaired) electrons. The lowest BCUT2D eigenvalue weighted by atomic mass is 10.0. The van der Waals surface area contributed by atoms with Crippen LogP contribution < -0.4 is 5.73 Å². The first-order valence-electron chi connectivity index (χ1n) is 7.27. The maximum absolute atomic E-state index is 5.74. The smallest absolute Gasteiger partial charge is 0.123 e. The van der Waals surface area contributed by atoms with Crippen molar-refractivity contribution < 1.29 is 0 Å². The van der Waals surface area contributed by atoms with E-state index in [0.717, 1.165) is 25.2 Å². The molecule has 2 N–H and O–H groups in total. The van der Waals surface area contributed by atoms with Gasteiger partial charge in [-0.15, -0.1) is 0 Å². The van der Waals surface area contributed by atoms with Crippen LogP contribution in [0, 0.1) is 5.92 Å². The van der Waals surface area contributed by atoms with Crippen LogP contribution in [-0.2, 0) is 13.0 Å². The lowest BCUT2D eigenvalue weighted by Crippen LogP contribution is -2.20. The fraction of sp³-hybridized carbons (Fsp3) is 0.353. The van der Waals surface area contributed by atoms with Crippen LogP contribution in [0.1, 0.15) is 17.7 Å². The van der Waals surface area contributed by atoms with Crippen LogP contribution in [0.3, 0.4) is 0 Å². The maximum Gasteiger partial charge on any atom is 0.123 e. The molecule has 1 aromatic heterocycles. The maximum atomic E-state index is 5.74. The zero-order chi connectivity index (χ0) is 13.8. The van der Waals surface area contributed by atoms with E-state index in [4.69, 9.17) is 5.73 Å². The number of pyridine rings is 1. The summed E-state index contributed by atoms with van der Waals surface area (Å²) in [7, 11) is 0. The third-order valence-corrected chi connectivity index (χ3v) is 3.95. The Hall–Kier alpha value is -1.87. The Kier molecular flexibility index (Phi) is 3.97. The average Bonchev–Trinajstić information content (AvgIpc) is 2.87. The summed E-state index contributed by atoms with van der Waals surface area (Å²) < 4.78 is 0. The highest BCUT2D eigenvalue weighted by Gasteiger charge is 2.22. The van der Waals surface area contributed by atoms with E-state index >= 15 is 0 Å². The van der Waals surface area contributed by atoms with Crippen molar-refractivity contribution in [2.75, 3.05) is 18.8 Å². The summed E-state index contributed by atoms with van der Waals surface area (Å²) in [6.07, 6.45) is 2.29.